The molecule has 1 aromatic carbocycles. The highest BCUT2D eigenvalue weighted by molar-refractivity contribution is 9.10. The molecular formula is C13H15BrN2O2. The van der Waals surface area contributed by atoms with Crippen molar-refractivity contribution in [3.63, 3.8) is 0 Å². The van der Waals surface area contributed by atoms with E-state index in [9.17, 15) is 9.90 Å². The van der Waals surface area contributed by atoms with E-state index in [1.54, 1.807) is 6.20 Å². The summed E-state index contributed by atoms with van der Waals surface area (Å²) in [6.07, 6.45) is 1.76. The summed E-state index contributed by atoms with van der Waals surface area (Å²) in [7, 11) is 0. The van der Waals surface area contributed by atoms with Crippen LogP contribution in [0.1, 0.15) is 25.5 Å². The first kappa shape index (κ1) is 13.1. The highest BCUT2D eigenvalue weighted by atomic mass is 79.9. The first-order valence-electron chi connectivity index (χ1n) is 5.74. The van der Waals surface area contributed by atoms with Gasteiger partial charge in [-0.3, -0.25) is 10.1 Å². The van der Waals surface area contributed by atoms with Crippen molar-refractivity contribution in [3.8, 4) is 0 Å². The SMILES string of the molecule is CC(C)N[C@@H](C(=O)O)c1c[nH]c2ccc(Br)cc12. The zero-order valence-electron chi connectivity index (χ0n) is 10.2. The summed E-state index contributed by atoms with van der Waals surface area (Å²) in [5.41, 5.74) is 1.69. The first-order chi connectivity index (χ1) is 8.49. The lowest BCUT2D eigenvalue weighted by Gasteiger charge is -2.16. The molecule has 0 radical (unpaired) electrons. The maximum Gasteiger partial charge on any atom is 0.325 e. The van der Waals surface area contributed by atoms with Crippen LogP contribution in [0.4, 0.5) is 0 Å². The van der Waals surface area contributed by atoms with Gasteiger partial charge in [0.05, 0.1) is 0 Å². The number of halogens is 1. The van der Waals surface area contributed by atoms with Crippen LogP contribution in [0.3, 0.4) is 0 Å². The molecule has 0 saturated heterocycles. The quantitative estimate of drug-likeness (QED) is 0.813. The van der Waals surface area contributed by atoms with Gasteiger partial charge in [-0.1, -0.05) is 15.9 Å². The molecular weight excluding hydrogens is 296 g/mol. The Kier molecular flexibility index (Phi) is 3.73. The van der Waals surface area contributed by atoms with E-state index < -0.39 is 12.0 Å². The lowest BCUT2D eigenvalue weighted by atomic mass is 10.1. The molecule has 2 rings (SSSR count). The molecule has 1 atom stereocenters. The second kappa shape index (κ2) is 5.12. The predicted molar refractivity (Wildman–Crippen MR) is 74.6 cm³/mol. The third-order valence-electron chi connectivity index (χ3n) is 2.73. The van der Waals surface area contributed by atoms with Crippen LogP contribution in [-0.2, 0) is 4.79 Å². The van der Waals surface area contributed by atoms with Crippen LogP contribution in [0.5, 0.6) is 0 Å². The lowest BCUT2D eigenvalue weighted by molar-refractivity contribution is -0.139. The number of H-pyrrole nitrogens is 1. The van der Waals surface area contributed by atoms with Crippen molar-refractivity contribution >= 4 is 32.8 Å². The highest BCUT2D eigenvalue weighted by Gasteiger charge is 2.23. The molecule has 5 heteroatoms. The van der Waals surface area contributed by atoms with E-state index in [4.69, 9.17) is 0 Å². The average Bonchev–Trinajstić information content (AvgIpc) is 2.68. The van der Waals surface area contributed by atoms with Gasteiger partial charge in [0, 0.05) is 33.2 Å². The Morgan fingerprint density at radius 2 is 2.17 bits per heavy atom. The second-order valence-corrected chi connectivity index (χ2v) is 5.44. The monoisotopic (exact) mass is 310 g/mol. The summed E-state index contributed by atoms with van der Waals surface area (Å²) < 4.78 is 0.935. The minimum atomic E-state index is -0.871. The van der Waals surface area contributed by atoms with Crippen LogP contribution in [0.15, 0.2) is 28.9 Å². The van der Waals surface area contributed by atoms with Gasteiger partial charge in [-0.25, -0.2) is 0 Å². The Hall–Kier alpha value is -1.33. The van der Waals surface area contributed by atoms with E-state index in [0.717, 1.165) is 20.9 Å². The molecule has 18 heavy (non-hydrogen) atoms. The molecule has 0 aliphatic heterocycles. The minimum Gasteiger partial charge on any atom is -0.480 e. The van der Waals surface area contributed by atoms with E-state index in [1.807, 2.05) is 32.0 Å². The van der Waals surface area contributed by atoms with Gasteiger partial charge >= 0.3 is 5.97 Å². The number of rotatable bonds is 4. The molecule has 3 N–H and O–H groups in total. The zero-order chi connectivity index (χ0) is 13.3. The van der Waals surface area contributed by atoms with E-state index in [2.05, 4.69) is 26.2 Å². The van der Waals surface area contributed by atoms with Crippen molar-refractivity contribution in [1.29, 1.82) is 0 Å². The topological polar surface area (TPSA) is 65.1 Å². The van der Waals surface area contributed by atoms with Crippen molar-refractivity contribution in [1.82, 2.24) is 10.3 Å². The number of carboxylic acids is 1. The standard InChI is InChI=1S/C13H15BrN2O2/c1-7(2)16-12(13(17)18)10-6-15-11-4-3-8(14)5-9(10)11/h3-7,12,15-16H,1-2H3,(H,17,18)/t12-/m1/s1. The fraction of sp³-hybridized carbons (Fsp3) is 0.308. The van der Waals surface area contributed by atoms with Crippen molar-refractivity contribution in [2.45, 2.75) is 25.9 Å². The van der Waals surface area contributed by atoms with Crippen molar-refractivity contribution < 1.29 is 9.90 Å². The molecule has 2 aromatic rings. The third kappa shape index (κ3) is 2.57. The van der Waals surface area contributed by atoms with Crippen LogP contribution in [0, 0.1) is 0 Å². The number of hydrogen-bond donors (Lipinski definition) is 3. The Morgan fingerprint density at radius 3 is 2.78 bits per heavy atom. The molecule has 96 valence electrons. The van der Waals surface area contributed by atoms with Gasteiger partial charge in [-0.2, -0.15) is 0 Å². The normalized spacial score (nSPS) is 13.1. The fourth-order valence-corrected chi connectivity index (χ4v) is 2.34. The van der Waals surface area contributed by atoms with Gasteiger partial charge in [-0.15, -0.1) is 0 Å². The largest absolute Gasteiger partial charge is 0.480 e. The molecule has 0 unspecified atom stereocenters. The first-order valence-corrected chi connectivity index (χ1v) is 6.53. The van der Waals surface area contributed by atoms with E-state index in [-0.39, 0.29) is 6.04 Å². The number of hydrogen-bond acceptors (Lipinski definition) is 2. The maximum absolute atomic E-state index is 11.4. The fourth-order valence-electron chi connectivity index (χ4n) is 1.98. The number of aromatic amines is 1. The van der Waals surface area contributed by atoms with Crippen molar-refractivity contribution in [2.75, 3.05) is 0 Å². The molecule has 1 aromatic heterocycles. The van der Waals surface area contributed by atoms with E-state index in [1.165, 1.54) is 0 Å². The van der Waals surface area contributed by atoms with Crippen LogP contribution >= 0.6 is 15.9 Å². The molecule has 0 bridgehead atoms. The summed E-state index contributed by atoms with van der Waals surface area (Å²) in [4.78, 5) is 14.5. The van der Waals surface area contributed by atoms with Crippen LogP contribution in [0.2, 0.25) is 0 Å². The van der Waals surface area contributed by atoms with E-state index in [0.29, 0.717) is 0 Å². The summed E-state index contributed by atoms with van der Waals surface area (Å²) in [6, 6.07) is 5.18. The zero-order valence-corrected chi connectivity index (χ0v) is 11.8. The summed E-state index contributed by atoms with van der Waals surface area (Å²) >= 11 is 3.41. The number of benzene rings is 1. The van der Waals surface area contributed by atoms with Crippen molar-refractivity contribution in [3.05, 3.63) is 34.4 Å². The Bertz CT molecular complexity index is 577. The highest BCUT2D eigenvalue weighted by Crippen LogP contribution is 2.27. The molecule has 1 heterocycles. The van der Waals surface area contributed by atoms with Gasteiger partial charge in [0.25, 0.3) is 0 Å². The molecule has 0 fully saturated rings. The summed E-state index contributed by atoms with van der Waals surface area (Å²) in [5.74, 6) is -0.871. The van der Waals surface area contributed by atoms with Crippen LogP contribution in [-0.4, -0.2) is 22.1 Å². The molecule has 0 amide bonds. The third-order valence-corrected chi connectivity index (χ3v) is 3.23. The van der Waals surface area contributed by atoms with Crippen molar-refractivity contribution in [2.24, 2.45) is 0 Å². The van der Waals surface area contributed by atoms with Gasteiger partial charge in [-0.05, 0) is 32.0 Å². The van der Waals surface area contributed by atoms with Gasteiger partial charge in [0.1, 0.15) is 6.04 Å². The van der Waals surface area contributed by atoms with Gasteiger partial charge in [0.2, 0.25) is 0 Å². The maximum atomic E-state index is 11.4. The Balaban J connectivity index is 2.50. The number of carboxylic acid groups (broad SMARTS) is 1. The average molecular weight is 311 g/mol. The van der Waals surface area contributed by atoms with Crippen LogP contribution < -0.4 is 5.32 Å². The van der Waals surface area contributed by atoms with E-state index >= 15 is 0 Å². The number of aliphatic carboxylic acids is 1. The molecule has 0 aliphatic rings. The molecule has 4 nitrogen and oxygen atoms in total. The second-order valence-electron chi connectivity index (χ2n) is 4.53. The smallest absolute Gasteiger partial charge is 0.325 e. The number of nitrogens with one attached hydrogen (secondary N) is 2. The predicted octanol–water partition coefficient (Wildman–Crippen LogP) is 3.05. The molecule has 0 spiro atoms. The summed E-state index contributed by atoms with van der Waals surface area (Å²) in [6.45, 7) is 3.86. The van der Waals surface area contributed by atoms with Crippen LogP contribution in [0.25, 0.3) is 10.9 Å². The number of carbonyl (C=O) groups is 1. The minimum absolute atomic E-state index is 0.100. The Labute approximate surface area is 114 Å². The number of aromatic nitrogens is 1. The number of fused-ring (bicyclic) bond motifs is 1. The molecule has 0 aliphatic carbocycles. The summed E-state index contributed by atoms with van der Waals surface area (Å²) in [5, 5.41) is 13.3. The Morgan fingerprint density at radius 1 is 1.44 bits per heavy atom. The molecule has 0 saturated carbocycles. The van der Waals surface area contributed by atoms with Gasteiger partial charge < -0.3 is 10.1 Å². The van der Waals surface area contributed by atoms with Gasteiger partial charge in [0.15, 0.2) is 0 Å². The lowest BCUT2D eigenvalue weighted by Crippen LogP contribution is -2.33.